The van der Waals surface area contributed by atoms with Crippen molar-refractivity contribution in [1.29, 1.82) is 0 Å². The Morgan fingerprint density at radius 3 is 2.32 bits per heavy atom. The summed E-state index contributed by atoms with van der Waals surface area (Å²) in [5, 5.41) is 2.68. The third-order valence-corrected chi connectivity index (χ3v) is 3.91. The van der Waals surface area contributed by atoms with Gasteiger partial charge in [0.25, 0.3) is 5.91 Å². The van der Waals surface area contributed by atoms with Gasteiger partial charge < -0.3 is 10.1 Å². The summed E-state index contributed by atoms with van der Waals surface area (Å²) >= 11 is 0. The predicted molar refractivity (Wildman–Crippen MR) is 104 cm³/mol. The van der Waals surface area contributed by atoms with E-state index < -0.39 is 11.6 Å². The lowest BCUT2D eigenvalue weighted by molar-refractivity contribution is 0.0958. The van der Waals surface area contributed by atoms with E-state index in [1.54, 1.807) is 12.1 Å². The lowest BCUT2D eigenvalue weighted by atomic mass is 10.0. The molecule has 0 aliphatic heterocycles. The summed E-state index contributed by atoms with van der Waals surface area (Å²) in [4.78, 5) is 12.1. The van der Waals surface area contributed by atoms with E-state index >= 15 is 0 Å². The van der Waals surface area contributed by atoms with Crippen molar-refractivity contribution < 1.29 is 18.3 Å². The highest BCUT2D eigenvalue weighted by atomic mass is 19.1. The topological polar surface area (TPSA) is 38.3 Å². The van der Waals surface area contributed by atoms with E-state index in [9.17, 15) is 13.6 Å². The first-order valence-electron chi connectivity index (χ1n) is 8.61. The Labute approximate surface area is 162 Å². The smallest absolute Gasteiger partial charge is 0.252 e. The Hall–Kier alpha value is -3.65. The van der Waals surface area contributed by atoms with Gasteiger partial charge in [-0.05, 0) is 35.4 Å². The van der Waals surface area contributed by atoms with Crippen LogP contribution in [-0.2, 0) is 0 Å². The van der Waals surface area contributed by atoms with Crippen molar-refractivity contribution >= 4 is 5.91 Å². The minimum atomic E-state index is -0.783. The van der Waals surface area contributed by atoms with Crippen LogP contribution in [0.4, 0.5) is 8.78 Å². The lowest BCUT2D eigenvalue weighted by Crippen LogP contribution is -2.23. The summed E-state index contributed by atoms with van der Waals surface area (Å²) in [6, 6.07) is 20.2. The van der Waals surface area contributed by atoms with Crippen LogP contribution in [0.3, 0.4) is 0 Å². The highest BCUT2D eigenvalue weighted by molar-refractivity contribution is 5.94. The van der Waals surface area contributed by atoms with Gasteiger partial charge in [0, 0.05) is 11.6 Å². The maximum atomic E-state index is 13.4. The second-order valence-corrected chi connectivity index (χ2v) is 5.84. The van der Waals surface area contributed by atoms with Crippen LogP contribution in [0.25, 0.3) is 11.1 Å². The van der Waals surface area contributed by atoms with E-state index in [0.717, 1.165) is 23.3 Å². The molecule has 0 aliphatic carbocycles. The van der Waals surface area contributed by atoms with Gasteiger partial charge in [-0.15, -0.1) is 0 Å². The number of benzene rings is 3. The molecule has 0 atom stereocenters. The SMILES string of the molecule is O=C(NCC#CCOc1ccc(F)cc1F)c1ccc(-c2ccccc2)cc1. The van der Waals surface area contributed by atoms with Gasteiger partial charge in [-0.1, -0.05) is 54.3 Å². The van der Waals surface area contributed by atoms with Gasteiger partial charge >= 0.3 is 0 Å². The van der Waals surface area contributed by atoms with Gasteiger partial charge in [-0.3, -0.25) is 4.79 Å². The summed E-state index contributed by atoms with van der Waals surface area (Å²) in [6.45, 7) is 0.0682. The first-order chi connectivity index (χ1) is 13.6. The van der Waals surface area contributed by atoms with Crippen LogP contribution >= 0.6 is 0 Å². The van der Waals surface area contributed by atoms with Crippen molar-refractivity contribution in [2.24, 2.45) is 0 Å². The molecule has 3 aromatic rings. The first-order valence-corrected chi connectivity index (χ1v) is 8.61. The van der Waals surface area contributed by atoms with Crippen LogP contribution < -0.4 is 10.1 Å². The number of carbonyl (C=O) groups excluding carboxylic acids is 1. The van der Waals surface area contributed by atoms with Gasteiger partial charge in [0.1, 0.15) is 12.4 Å². The second-order valence-electron chi connectivity index (χ2n) is 5.84. The predicted octanol–water partition coefficient (Wildman–Crippen LogP) is 4.44. The highest BCUT2D eigenvalue weighted by Gasteiger charge is 2.05. The van der Waals surface area contributed by atoms with Crippen molar-refractivity contribution in [3.63, 3.8) is 0 Å². The van der Waals surface area contributed by atoms with E-state index in [2.05, 4.69) is 17.2 Å². The van der Waals surface area contributed by atoms with Crippen LogP contribution in [0.1, 0.15) is 10.4 Å². The monoisotopic (exact) mass is 377 g/mol. The van der Waals surface area contributed by atoms with Crippen molar-refractivity contribution in [3.8, 4) is 28.7 Å². The summed E-state index contributed by atoms with van der Waals surface area (Å²) < 4.78 is 31.3. The van der Waals surface area contributed by atoms with Gasteiger partial charge in [0.15, 0.2) is 11.6 Å². The second kappa shape index (κ2) is 9.33. The Bertz CT molecular complexity index is 1010. The van der Waals surface area contributed by atoms with Crippen LogP contribution in [0.5, 0.6) is 5.75 Å². The molecule has 0 bridgehead atoms. The molecular weight excluding hydrogens is 360 g/mol. The maximum absolute atomic E-state index is 13.4. The molecule has 0 radical (unpaired) electrons. The molecule has 0 fully saturated rings. The minimum Gasteiger partial charge on any atom is -0.478 e. The average molecular weight is 377 g/mol. The molecule has 28 heavy (non-hydrogen) atoms. The number of amides is 1. The molecule has 3 aromatic carbocycles. The van der Waals surface area contributed by atoms with E-state index in [1.807, 2.05) is 42.5 Å². The zero-order chi connectivity index (χ0) is 19.8. The van der Waals surface area contributed by atoms with Crippen LogP contribution in [0.2, 0.25) is 0 Å². The molecule has 1 amide bonds. The average Bonchev–Trinajstić information content (AvgIpc) is 2.72. The van der Waals surface area contributed by atoms with Gasteiger partial charge in [0.05, 0.1) is 6.54 Å². The third kappa shape index (κ3) is 5.18. The molecule has 140 valence electrons. The fourth-order valence-electron chi connectivity index (χ4n) is 2.49. The number of nitrogens with one attached hydrogen (secondary N) is 1. The number of rotatable bonds is 5. The Balaban J connectivity index is 1.46. The van der Waals surface area contributed by atoms with Crippen LogP contribution in [-0.4, -0.2) is 19.1 Å². The van der Waals surface area contributed by atoms with Crippen molar-refractivity contribution in [2.45, 2.75) is 0 Å². The summed E-state index contributed by atoms with van der Waals surface area (Å²) in [6.07, 6.45) is 0. The molecule has 0 unspecified atom stereocenters. The highest BCUT2D eigenvalue weighted by Crippen LogP contribution is 2.19. The van der Waals surface area contributed by atoms with E-state index in [4.69, 9.17) is 4.74 Å². The van der Waals surface area contributed by atoms with Crippen LogP contribution in [0.15, 0.2) is 72.8 Å². The maximum Gasteiger partial charge on any atom is 0.252 e. The summed E-state index contributed by atoms with van der Waals surface area (Å²) in [7, 11) is 0. The normalized spacial score (nSPS) is 9.93. The molecule has 0 aliphatic rings. The number of carbonyl (C=O) groups is 1. The number of hydrogen-bond acceptors (Lipinski definition) is 2. The zero-order valence-electron chi connectivity index (χ0n) is 14.9. The molecule has 3 nitrogen and oxygen atoms in total. The van der Waals surface area contributed by atoms with Gasteiger partial charge in [-0.2, -0.15) is 0 Å². The Morgan fingerprint density at radius 2 is 1.61 bits per heavy atom. The number of hydrogen-bond donors (Lipinski definition) is 1. The molecule has 0 saturated carbocycles. The fourth-order valence-corrected chi connectivity index (χ4v) is 2.49. The van der Waals surface area contributed by atoms with Gasteiger partial charge in [-0.25, -0.2) is 8.78 Å². The Morgan fingerprint density at radius 1 is 0.893 bits per heavy atom. The Kier molecular flexibility index (Phi) is 6.37. The van der Waals surface area contributed by atoms with Crippen molar-refractivity contribution in [2.75, 3.05) is 13.2 Å². The molecule has 0 heterocycles. The molecular formula is C23H17F2NO2. The molecule has 0 spiro atoms. The van der Waals surface area contributed by atoms with E-state index in [-0.39, 0.29) is 24.8 Å². The molecule has 1 N–H and O–H groups in total. The van der Waals surface area contributed by atoms with Gasteiger partial charge in [0.2, 0.25) is 0 Å². The lowest BCUT2D eigenvalue weighted by Gasteiger charge is -2.04. The van der Waals surface area contributed by atoms with E-state index in [0.29, 0.717) is 5.56 Å². The molecule has 5 heteroatoms. The molecule has 0 saturated heterocycles. The summed E-state index contributed by atoms with van der Waals surface area (Å²) in [5.74, 6) is 3.62. The summed E-state index contributed by atoms with van der Waals surface area (Å²) in [5.41, 5.74) is 2.64. The third-order valence-electron chi connectivity index (χ3n) is 3.91. The number of ether oxygens (including phenoxy) is 1. The minimum absolute atomic E-state index is 0.0653. The zero-order valence-corrected chi connectivity index (χ0v) is 14.9. The first kappa shape index (κ1) is 19.1. The fraction of sp³-hybridized carbons (Fsp3) is 0.0870. The molecule has 0 aromatic heterocycles. The van der Waals surface area contributed by atoms with Crippen LogP contribution in [0, 0.1) is 23.5 Å². The molecule has 3 rings (SSSR count). The standard InChI is InChI=1S/C23H17F2NO2/c24-20-12-13-22(21(25)16-20)28-15-5-4-14-26-23(27)19-10-8-18(9-11-19)17-6-2-1-3-7-17/h1-3,6-13,16H,14-15H2,(H,26,27). The number of halogens is 2. The quantitative estimate of drug-likeness (QED) is 0.668. The van der Waals surface area contributed by atoms with Crippen molar-refractivity contribution in [3.05, 3.63) is 90.0 Å². The van der Waals surface area contributed by atoms with Crippen molar-refractivity contribution in [1.82, 2.24) is 5.32 Å². The van der Waals surface area contributed by atoms with E-state index in [1.165, 1.54) is 6.07 Å². The largest absolute Gasteiger partial charge is 0.478 e.